The van der Waals surface area contributed by atoms with Gasteiger partial charge in [0, 0.05) is 188 Å². The SMILES string of the molecule is Cc1ccc(-c2cc(CCC(=O)c3cccnc3Cl)on2)c(Cl)c1.Cc1ccc(-c2cc(CCC(=O)c3cccnc3Cl)on2)cc1.Cc1ccc(-c2cc(CCC(=O)c3cccnc3Cl)on2)cc1.Cc1cccc(-c2cc(CCC(=O)c3cccnc3Cl)on2)c1.O=C(CCc1cc(-c2ccccc2Br)no1)c1cccnc1Cl.O=C(CCc1cc(-c2ccccc2Cl)no1)c1cccnc1Cl. The van der Waals surface area contributed by atoms with Crippen molar-refractivity contribution in [2.24, 2.45) is 0 Å². The summed E-state index contributed by atoms with van der Waals surface area (Å²) in [7, 11) is 0. The summed E-state index contributed by atoms with van der Waals surface area (Å²) in [6, 6.07) is 76.2. The first-order chi connectivity index (χ1) is 67.2. The summed E-state index contributed by atoms with van der Waals surface area (Å²) in [5.41, 5.74) is 17.1. The van der Waals surface area contributed by atoms with Crippen LogP contribution in [0.15, 0.2) is 318 Å². The number of carbonyl (C=O) groups excluding carboxylic acids is 6. The van der Waals surface area contributed by atoms with E-state index in [-0.39, 0.29) is 84.9 Å². The summed E-state index contributed by atoms with van der Waals surface area (Å²) in [4.78, 5) is 96.5. The van der Waals surface area contributed by atoms with Gasteiger partial charge in [-0.2, -0.15) is 0 Å². The summed E-state index contributed by atoms with van der Waals surface area (Å²) in [5, 5.41) is 26.9. The van der Waals surface area contributed by atoms with Crippen molar-refractivity contribution in [2.45, 2.75) is 105 Å². The molecule has 33 heteroatoms. The van der Waals surface area contributed by atoms with Crippen molar-refractivity contribution in [1.29, 1.82) is 0 Å². The van der Waals surface area contributed by atoms with Crippen LogP contribution in [0.25, 0.3) is 67.5 Å². The predicted octanol–water partition coefficient (Wildman–Crippen LogP) is 28.5. The van der Waals surface area contributed by atoms with E-state index < -0.39 is 0 Å². The van der Waals surface area contributed by atoms with E-state index in [9.17, 15) is 28.8 Å². The summed E-state index contributed by atoms with van der Waals surface area (Å²) in [5.74, 6) is 3.51. The molecule has 0 saturated heterocycles. The molecule has 12 heterocycles. The number of hydrogen-bond donors (Lipinski definition) is 0. The van der Waals surface area contributed by atoms with E-state index >= 15 is 0 Å². The minimum absolute atomic E-state index is 0.0587. The molecule has 139 heavy (non-hydrogen) atoms. The van der Waals surface area contributed by atoms with Gasteiger partial charge in [0.15, 0.2) is 34.7 Å². The highest BCUT2D eigenvalue weighted by Gasteiger charge is 2.23. The fourth-order valence-electron chi connectivity index (χ4n) is 13.6. The topological polar surface area (TPSA) is 336 Å². The van der Waals surface area contributed by atoms with Gasteiger partial charge in [0.2, 0.25) is 0 Å². The zero-order valence-corrected chi connectivity index (χ0v) is 82.4. The first kappa shape index (κ1) is 103. The Hall–Kier alpha value is -13.7. The Morgan fingerprint density at radius 2 is 0.496 bits per heavy atom. The molecule has 0 radical (unpaired) electrons. The molecule has 0 bridgehead atoms. The Balaban J connectivity index is 0.000000141. The van der Waals surface area contributed by atoms with Gasteiger partial charge >= 0.3 is 0 Å². The molecule has 702 valence electrons. The second-order valence-electron chi connectivity index (χ2n) is 31.2. The molecule has 18 aromatic rings. The minimum atomic E-state index is -0.0845. The molecule has 0 fully saturated rings. The molecule has 0 amide bonds. The van der Waals surface area contributed by atoms with Crippen LogP contribution >= 0.6 is 109 Å². The van der Waals surface area contributed by atoms with E-state index in [4.69, 9.17) is 120 Å². The Kier molecular flexibility index (Phi) is 37.8. The molecular formula is C106H83BrCl8N12O12. The Labute approximate surface area is 847 Å². The van der Waals surface area contributed by atoms with Gasteiger partial charge in [-0.1, -0.05) is 272 Å². The third-order valence-electron chi connectivity index (χ3n) is 21.0. The van der Waals surface area contributed by atoms with Crippen molar-refractivity contribution < 1.29 is 55.9 Å². The van der Waals surface area contributed by atoms with Crippen LogP contribution in [0, 0.1) is 27.7 Å². The average Bonchev–Trinajstić information content (AvgIpc) is 1.71. The largest absolute Gasteiger partial charge is 0.361 e. The van der Waals surface area contributed by atoms with Crippen LogP contribution in [0.3, 0.4) is 0 Å². The zero-order chi connectivity index (χ0) is 98.3. The molecule has 6 aromatic carbocycles. The molecule has 0 atom stereocenters. The van der Waals surface area contributed by atoms with Crippen LogP contribution in [0.4, 0.5) is 0 Å². The molecule has 0 N–H and O–H groups in total. The van der Waals surface area contributed by atoms with Gasteiger partial charge in [-0.15, -0.1) is 0 Å². The minimum Gasteiger partial charge on any atom is -0.361 e. The highest BCUT2D eigenvalue weighted by Crippen LogP contribution is 2.34. The number of carbonyl (C=O) groups is 6. The fourth-order valence-corrected chi connectivity index (χ4v) is 16.0. The predicted molar refractivity (Wildman–Crippen MR) is 540 cm³/mol. The molecule has 0 aliphatic heterocycles. The smallest absolute Gasteiger partial charge is 0.166 e. The van der Waals surface area contributed by atoms with Gasteiger partial charge in [0.1, 0.15) is 99.6 Å². The summed E-state index contributed by atoms with van der Waals surface area (Å²) in [6.45, 7) is 8.07. The molecule has 0 spiro atoms. The van der Waals surface area contributed by atoms with Crippen LogP contribution in [-0.4, -0.2) is 95.5 Å². The van der Waals surface area contributed by atoms with Gasteiger partial charge in [-0.05, 0) is 130 Å². The third kappa shape index (κ3) is 29.9. The standard InChI is InChI=1S/C18H14Cl2N2O2.3C18H15ClN2O2.C17H12BrClN2O2.C17H12Cl2N2O2/c1-11-4-6-13(15(19)9-11)16-10-12(24-22-16)5-7-17(23)14-3-2-8-21-18(14)20;1-12-4-2-5-13(10-12)16-11-14(23-21-16)7-8-17(22)15-6-3-9-20-18(15)19;2*1-12-4-6-13(7-5-12)16-11-14(23-21-16)8-9-17(22)15-3-2-10-20-18(15)19;2*18-14-6-2-1-4-12(14)15-10-11(23-21-15)7-8-16(22)13-5-3-9-20-17(13)19/h2-4,6,8-10H,5,7H2,1H3;2-6,9-11H,7-8H2,1H3;2*2-7,10-11H,8-9H2,1H3;2*1-6,9-10H,7-8H2. The van der Waals surface area contributed by atoms with Crippen LogP contribution in [0.5, 0.6) is 0 Å². The Morgan fingerprint density at radius 1 is 0.237 bits per heavy atom. The lowest BCUT2D eigenvalue weighted by atomic mass is 10.1. The average molecular weight is 2080 g/mol. The lowest BCUT2D eigenvalue weighted by molar-refractivity contribution is 0.0972. The number of Topliss-reactive ketones (excluding diaryl/α,β-unsaturated/α-hetero) is 6. The molecule has 24 nitrogen and oxygen atoms in total. The van der Waals surface area contributed by atoms with E-state index in [1.54, 1.807) is 128 Å². The first-order valence-corrected chi connectivity index (χ1v) is 47.1. The summed E-state index contributed by atoms with van der Waals surface area (Å²) < 4.78 is 32.8. The fraction of sp³-hybridized carbons (Fsp3) is 0.151. The van der Waals surface area contributed by atoms with Crippen molar-refractivity contribution in [3.8, 4) is 67.5 Å². The van der Waals surface area contributed by atoms with Crippen molar-refractivity contribution >= 4 is 143 Å². The number of aryl methyl sites for hydroxylation is 10. The monoisotopic (exact) mass is 2070 g/mol. The highest BCUT2D eigenvalue weighted by molar-refractivity contribution is 9.10. The number of rotatable bonds is 30. The number of ketones is 6. The first-order valence-electron chi connectivity index (χ1n) is 43.3. The van der Waals surface area contributed by atoms with Crippen LogP contribution in [0.2, 0.25) is 41.0 Å². The zero-order valence-electron chi connectivity index (χ0n) is 74.8. The molecular weight excluding hydrogens is 2000 g/mol. The Bertz CT molecular complexity index is 7000. The quantitative estimate of drug-likeness (QED) is 0.0298. The molecule has 0 aliphatic carbocycles. The molecule has 18 rings (SSSR count). The maximum Gasteiger partial charge on any atom is 0.166 e. The van der Waals surface area contributed by atoms with Crippen LogP contribution in [-0.2, 0) is 38.5 Å². The number of benzene rings is 6. The number of halogens is 9. The van der Waals surface area contributed by atoms with E-state index in [0.717, 1.165) is 71.8 Å². The van der Waals surface area contributed by atoms with E-state index in [1.165, 1.54) is 11.1 Å². The highest BCUT2D eigenvalue weighted by atomic mass is 79.9. The molecule has 0 unspecified atom stereocenters. The summed E-state index contributed by atoms with van der Waals surface area (Å²) in [6.07, 6.45) is 13.8. The lowest BCUT2D eigenvalue weighted by Gasteiger charge is -2.01. The van der Waals surface area contributed by atoms with Gasteiger partial charge < -0.3 is 27.1 Å². The van der Waals surface area contributed by atoms with E-state index in [0.29, 0.717) is 147 Å². The van der Waals surface area contributed by atoms with E-state index in [2.05, 4.69) is 76.8 Å². The molecule has 12 aromatic heterocycles. The van der Waals surface area contributed by atoms with Gasteiger partial charge in [-0.3, -0.25) is 28.8 Å². The lowest BCUT2D eigenvalue weighted by Crippen LogP contribution is -2.02. The normalized spacial score (nSPS) is 10.7. The van der Waals surface area contributed by atoms with Gasteiger partial charge in [-0.25, -0.2) is 29.9 Å². The molecule has 0 saturated carbocycles. The molecule has 0 aliphatic rings. The number of aromatic nitrogens is 12. The third-order valence-corrected chi connectivity index (χ3v) is 24.2. The maximum atomic E-state index is 12.2. The maximum absolute atomic E-state index is 12.2. The van der Waals surface area contributed by atoms with Gasteiger partial charge in [0.05, 0.1) is 43.4 Å². The van der Waals surface area contributed by atoms with Crippen molar-refractivity contribution in [3.63, 3.8) is 0 Å². The van der Waals surface area contributed by atoms with Crippen molar-refractivity contribution in [1.82, 2.24) is 60.8 Å². The number of nitrogens with zero attached hydrogens (tertiary/aromatic N) is 12. The number of hydrogen-bond acceptors (Lipinski definition) is 24. The van der Waals surface area contributed by atoms with Crippen molar-refractivity contribution in [3.05, 3.63) is 422 Å². The second kappa shape index (κ2) is 51.1. The second-order valence-corrected chi connectivity index (χ2v) is 35.0. The van der Waals surface area contributed by atoms with E-state index in [1.807, 2.05) is 185 Å². The number of pyridine rings is 6. The van der Waals surface area contributed by atoms with Crippen LogP contribution in [0.1, 0.15) is 157 Å². The van der Waals surface area contributed by atoms with Crippen molar-refractivity contribution in [2.75, 3.05) is 0 Å². The van der Waals surface area contributed by atoms with Crippen LogP contribution < -0.4 is 0 Å². The summed E-state index contributed by atoms with van der Waals surface area (Å²) >= 11 is 51.4. The Morgan fingerprint density at radius 3 is 0.791 bits per heavy atom. The van der Waals surface area contributed by atoms with Gasteiger partial charge in [0.25, 0.3) is 0 Å².